The van der Waals surface area contributed by atoms with Gasteiger partial charge in [-0.15, -0.1) is 0 Å². The number of likely N-dealkylation sites (N-methyl/N-ethyl adjacent to an activating group) is 2. The van der Waals surface area contributed by atoms with Crippen molar-refractivity contribution in [1.29, 1.82) is 0 Å². The van der Waals surface area contributed by atoms with Crippen LogP contribution in [0.4, 0.5) is 0 Å². The van der Waals surface area contributed by atoms with Gasteiger partial charge in [0.1, 0.15) is 70.5 Å². The van der Waals surface area contributed by atoms with Crippen LogP contribution in [0.15, 0.2) is 152 Å². The van der Waals surface area contributed by atoms with Gasteiger partial charge in [0.2, 0.25) is 0 Å². The number of hydrogen-bond acceptors (Lipinski definition) is 4. The minimum Gasteiger partial charge on any atom is -0.488 e. The molecule has 0 atom stereocenters. The normalized spacial score (nSPS) is 11.3. The second-order valence-electron chi connectivity index (χ2n) is 29.2. The Kier molecular flexibility index (Phi) is 61.1. The third kappa shape index (κ3) is 54.4. The molecule has 5 aromatic carbocycles. The third-order valence-corrected chi connectivity index (χ3v) is 18.6. The average molecular weight is 1330 g/mol. The van der Waals surface area contributed by atoms with Crippen molar-refractivity contribution in [3.05, 3.63) is 183 Å². The van der Waals surface area contributed by atoms with Gasteiger partial charge in [-0.05, 0) is 62.8 Å². The van der Waals surface area contributed by atoms with Gasteiger partial charge in [0.25, 0.3) is 0 Å². The van der Waals surface area contributed by atoms with Crippen molar-refractivity contribution in [3.63, 3.8) is 0 Å². The van der Waals surface area contributed by atoms with Gasteiger partial charge in [0.15, 0.2) is 0 Å². The highest BCUT2D eigenvalue weighted by atomic mass is 16.5. The van der Waals surface area contributed by atoms with Crippen LogP contribution in [0.3, 0.4) is 0 Å². The van der Waals surface area contributed by atoms with Gasteiger partial charge in [-0.25, -0.2) is 0 Å². The van der Waals surface area contributed by atoms with Gasteiger partial charge < -0.3 is 52.5 Å². The number of quaternary nitrogens is 4. The highest BCUT2D eigenvalue weighted by Gasteiger charge is 2.26. The highest BCUT2D eigenvalue weighted by Crippen LogP contribution is 2.21. The first-order chi connectivity index (χ1) is 45.2. The smallest absolute Gasteiger partial charge is 0.137 e. The van der Waals surface area contributed by atoms with E-state index in [0.717, 1.165) is 95.0 Å². The van der Waals surface area contributed by atoms with Crippen LogP contribution >= 0.6 is 0 Å². The minimum absolute atomic E-state index is 0. The summed E-state index contributed by atoms with van der Waals surface area (Å²) in [5.74, 6) is 1.93. The summed E-state index contributed by atoms with van der Waals surface area (Å²) in [7, 11) is 13.9. The Bertz CT molecular complexity index is 2330. The van der Waals surface area contributed by atoms with E-state index in [1.807, 2.05) is 66.7 Å². The number of rotatable bonds is 53. The Morgan fingerprint density at radius 2 is 0.490 bits per heavy atom. The molecule has 5 rings (SSSR count). The topological polar surface area (TPSA) is 58.9 Å². The molecule has 0 spiro atoms. The maximum atomic E-state index is 9.57. The second-order valence-corrected chi connectivity index (χ2v) is 29.2. The first-order valence-electron chi connectivity index (χ1n) is 38.2. The van der Waals surface area contributed by atoms with Crippen molar-refractivity contribution in [2.24, 2.45) is 0 Å². The first kappa shape index (κ1) is 93.5. The summed E-state index contributed by atoms with van der Waals surface area (Å²) in [6, 6.07) is 52.1. The summed E-state index contributed by atoms with van der Waals surface area (Å²) in [5, 5.41) is 19.1. The zero-order chi connectivity index (χ0) is 67.5. The number of ether oxygens (including phenoxy) is 2. The summed E-state index contributed by atoms with van der Waals surface area (Å²) < 4.78 is 15.5. The van der Waals surface area contributed by atoms with E-state index in [1.54, 1.807) is 0 Å². The van der Waals surface area contributed by atoms with Crippen molar-refractivity contribution < 1.29 is 37.6 Å². The van der Waals surface area contributed by atoms with Gasteiger partial charge in [-0.1, -0.05) is 323 Å². The van der Waals surface area contributed by atoms with Crippen LogP contribution in [-0.2, 0) is 19.6 Å². The molecule has 0 fully saturated rings. The molecule has 0 bridgehead atoms. The fourth-order valence-corrected chi connectivity index (χ4v) is 12.6. The van der Waals surface area contributed by atoms with Crippen LogP contribution < -0.4 is 9.47 Å². The lowest BCUT2D eigenvalue weighted by molar-refractivity contribution is -0.941. The van der Waals surface area contributed by atoms with E-state index in [2.05, 4.69) is 148 Å². The van der Waals surface area contributed by atoms with Crippen LogP contribution in [0, 0.1) is 14.9 Å². The molecule has 0 amide bonds. The molecule has 2 N–H and O–H groups in total. The first-order valence-corrected chi connectivity index (χ1v) is 38.2. The monoisotopic (exact) mass is 1330 g/mol. The fraction of sp³-hybridized carbons (Fsp3) is 0.636. The molecule has 0 aliphatic heterocycles. The second kappa shape index (κ2) is 62.7. The quantitative estimate of drug-likeness (QED) is 0.0231. The number of unbranched alkanes of at least 4 members (excludes halogenated alkanes) is 29. The van der Waals surface area contributed by atoms with Crippen molar-refractivity contribution in [1.82, 2.24) is 0 Å². The maximum Gasteiger partial charge on any atom is 0.137 e. The molecule has 0 saturated carbocycles. The molecule has 0 aliphatic rings. The maximum absolute atomic E-state index is 9.57. The number of aliphatic hydroxyl groups excluding tert-OH is 2. The van der Waals surface area contributed by atoms with Gasteiger partial charge >= 0.3 is 0 Å². The molecule has 0 saturated heterocycles. The van der Waals surface area contributed by atoms with E-state index in [9.17, 15) is 10.2 Å². The lowest BCUT2D eigenvalue weighted by Crippen LogP contribution is -2.51. The van der Waals surface area contributed by atoms with E-state index in [0.29, 0.717) is 0 Å². The molecule has 8 heteroatoms. The Morgan fingerprint density at radius 3 is 0.781 bits per heavy atom. The van der Waals surface area contributed by atoms with Crippen molar-refractivity contribution in [2.75, 3.05) is 115 Å². The lowest BCUT2D eigenvalue weighted by Gasteiger charge is -2.38. The molecule has 0 radical (unpaired) electrons. The van der Waals surface area contributed by atoms with Gasteiger partial charge in [0.05, 0.1) is 75.1 Å². The molecule has 96 heavy (non-hydrogen) atoms. The predicted molar refractivity (Wildman–Crippen MR) is 423 cm³/mol. The summed E-state index contributed by atoms with van der Waals surface area (Å²) >= 11 is 0. The van der Waals surface area contributed by atoms with E-state index in [4.69, 9.17) is 9.47 Å². The van der Waals surface area contributed by atoms with Crippen LogP contribution in [0.5, 0.6) is 11.5 Å². The Morgan fingerprint density at radius 1 is 0.260 bits per heavy atom. The van der Waals surface area contributed by atoms with Crippen LogP contribution in [0.25, 0.3) is 0 Å². The van der Waals surface area contributed by atoms with Crippen molar-refractivity contribution in [3.8, 4) is 11.5 Å². The SMILES string of the molecule is C.CCCCCCCCCCCCCC[N+](C)(C)Cc1ccccc1.CCCCCCCCCCCC[N+](C)(C)CCOc1ccccc1.CCCCCCCCCCCC[N+](CCO)(CCO)Cc1ccccc1.C[N+](C)(CCOc1ccccc1)Cc1ccccc1.[CH3-].[CH3-]. The third-order valence-electron chi connectivity index (χ3n) is 18.6. The number of hydrogen-bond donors (Lipinski definition) is 2. The molecular formula is C88H156N4O4+2. The molecule has 550 valence electrons. The van der Waals surface area contributed by atoms with E-state index in [1.165, 1.54) is 235 Å². The number of aliphatic hydroxyl groups is 2. The Balaban J connectivity index is 0. The van der Waals surface area contributed by atoms with Gasteiger partial charge in [-0.3, -0.25) is 0 Å². The van der Waals surface area contributed by atoms with Gasteiger partial charge in [-0.2, -0.15) is 0 Å². The van der Waals surface area contributed by atoms with Crippen molar-refractivity contribution >= 4 is 0 Å². The summed E-state index contributed by atoms with van der Waals surface area (Å²) in [6.45, 7) is 19.0. The molecule has 0 aromatic heterocycles. The van der Waals surface area contributed by atoms with E-state index in [-0.39, 0.29) is 35.5 Å². The minimum atomic E-state index is 0. The van der Waals surface area contributed by atoms with E-state index >= 15 is 0 Å². The van der Waals surface area contributed by atoms with Crippen molar-refractivity contribution in [2.45, 2.75) is 253 Å². The Labute approximate surface area is 597 Å². The van der Waals surface area contributed by atoms with Crippen LogP contribution in [-0.4, -0.2) is 143 Å². The standard InChI is InChI=1S/C23H42NO2.C23H42N.C22H40NO.C17H22NO.CH4.2CH3/c1-2-3-4-5-6-7-8-9-10-14-17-24(18-20-25,19-21-26)22-23-15-12-11-13-16-23;1-4-5-6-7-8-9-10-11-12-13-14-18-21-24(2,3)22-23-19-16-15-17-20-23;1-4-5-6-7-8-9-10-11-12-16-19-23(2,3)20-21-24-22-17-14-13-15-18-22;1-18(2,15-16-9-5-3-6-10-16)13-14-19-17-11-7-4-8-12-17;;;/h11-13,15-16,25-26H,2-10,14,17-22H2,1H3;15-17,19-20H,4-14,18,21-22H2,1-3H3;13-15,17-18H,4-12,16,19-21H2,1-3H3;3-12H,13-15H2,1-2H3;1H4;2*1H3/q4*+1;;2*-1. The molecule has 0 unspecified atom stereocenters. The fourth-order valence-electron chi connectivity index (χ4n) is 12.6. The summed E-state index contributed by atoms with van der Waals surface area (Å²) in [5.41, 5.74) is 4.12. The average Bonchev–Trinajstić information content (AvgIpc) is 1.02. The number of benzene rings is 5. The largest absolute Gasteiger partial charge is 0.488 e. The summed E-state index contributed by atoms with van der Waals surface area (Å²) in [6.07, 6.45) is 44.7. The molecule has 8 nitrogen and oxygen atoms in total. The predicted octanol–water partition coefficient (Wildman–Crippen LogP) is 22.8. The molecule has 0 heterocycles. The van der Waals surface area contributed by atoms with Gasteiger partial charge in [0, 0.05) is 16.7 Å². The van der Waals surface area contributed by atoms with E-state index < -0.39 is 0 Å². The highest BCUT2D eigenvalue weighted by molar-refractivity contribution is 5.22. The van der Waals surface area contributed by atoms with Crippen LogP contribution in [0.1, 0.15) is 250 Å². The summed E-state index contributed by atoms with van der Waals surface area (Å²) in [4.78, 5) is 0. The zero-order valence-electron chi connectivity index (χ0n) is 64.0. The molecule has 0 aliphatic carbocycles. The zero-order valence-corrected chi connectivity index (χ0v) is 64.0. The molecule has 5 aromatic rings. The number of para-hydroxylation sites is 2. The lowest BCUT2D eigenvalue weighted by atomic mass is 10.1. The Hall–Kier alpha value is -4.54. The molecular weight excluding hydrogens is 1180 g/mol. The van der Waals surface area contributed by atoms with Crippen LogP contribution in [0.2, 0.25) is 0 Å². The number of nitrogens with zero attached hydrogens (tertiary/aromatic N) is 4.